The first kappa shape index (κ1) is 15.7. The molecule has 0 spiro atoms. The third-order valence-corrected chi connectivity index (χ3v) is 4.83. The number of rotatable bonds is 7. The van der Waals surface area contributed by atoms with Crippen LogP contribution < -0.4 is 10.1 Å². The van der Waals surface area contributed by atoms with E-state index in [0.717, 1.165) is 50.0 Å². The first-order valence-electron chi connectivity index (χ1n) is 8.83. The van der Waals surface area contributed by atoms with Crippen LogP contribution in [-0.2, 0) is 24.2 Å². The molecule has 4 rings (SSSR count). The molecular weight excluding hydrogens is 302 g/mol. The molecule has 0 radical (unpaired) electrons. The summed E-state index contributed by atoms with van der Waals surface area (Å²) in [7, 11) is 1.69. The maximum atomic E-state index is 5.95. The lowest BCUT2D eigenvalue weighted by molar-refractivity contribution is 0.0392. The van der Waals surface area contributed by atoms with E-state index in [1.165, 1.54) is 24.0 Å². The topological polar surface area (TPSA) is 48.3 Å². The Bertz CT molecular complexity index is 676. The number of fused-ring (bicyclic) bond motifs is 1. The molecule has 5 nitrogen and oxygen atoms in total. The Labute approximate surface area is 143 Å². The Balaban J connectivity index is 1.34. The first-order valence-corrected chi connectivity index (χ1v) is 8.83. The Morgan fingerprint density at radius 3 is 2.88 bits per heavy atom. The summed E-state index contributed by atoms with van der Waals surface area (Å²) in [5.41, 5.74) is 3.73. The van der Waals surface area contributed by atoms with Crippen LogP contribution in [0.5, 0.6) is 5.75 Å². The normalized spacial score (nSPS) is 20.0. The molecule has 24 heavy (non-hydrogen) atoms. The van der Waals surface area contributed by atoms with E-state index in [-0.39, 0.29) is 6.10 Å². The Morgan fingerprint density at radius 1 is 1.29 bits per heavy atom. The molecule has 2 aromatic rings. The molecule has 1 aromatic carbocycles. The van der Waals surface area contributed by atoms with Crippen LogP contribution in [0, 0.1) is 5.92 Å². The van der Waals surface area contributed by atoms with E-state index in [1.54, 1.807) is 7.11 Å². The number of nitrogens with zero attached hydrogens (tertiary/aromatic N) is 2. The fraction of sp³-hybridized carbons (Fsp3) is 0.526. The first-order chi connectivity index (χ1) is 11.8. The van der Waals surface area contributed by atoms with Crippen molar-refractivity contribution in [3.8, 4) is 5.75 Å². The SMILES string of the molecule is COc1ccc(CNCC2OCCc3cn(CC4CC4)nc32)cc1. The van der Waals surface area contributed by atoms with Crippen molar-refractivity contribution in [2.75, 3.05) is 20.3 Å². The lowest BCUT2D eigenvalue weighted by atomic mass is 10.1. The highest BCUT2D eigenvalue weighted by Gasteiger charge is 2.27. The molecule has 0 amide bonds. The van der Waals surface area contributed by atoms with Gasteiger partial charge in [0.05, 0.1) is 19.4 Å². The van der Waals surface area contributed by atoms with Crippen LogP contribution in [-0.4, -0.2) is 30.0 Å². The van der Waals surface area contributed by atoms with Gasteiger partial charge in [0.15, 0.2) is 0 Å². The van der Waals surface area contributed by atoms with Gasteiger partial charge in [-0.2, -0.15) is 5.10 Å². The van der Waals surface area contributed by atoms with E-state index >= 15 is 0 Å². The van der Waals surface area contributed by atoms with Gasteiger partial charge >= 0.3 is 0 Å². The second kappa shape index (κ2) is 6.95. The van der Waals surface area contributed by atoms with Gasteiger partial charge in [-0.05, 0) is 48.4 Å². The summed E-state index contributed by atoms with van der Waals surface area (Å²) in [5.74, 6) is 1.74. The van der Waals surface area contributed by atoms with Gasteiger partial charge in [-0.3, -0.25) is 4.68 Å². The lowest BCUT2D eigenvalue weighted by Crippen LogP contribution is -2.27. The van der Waals surface area contributed by atoms with Crippen LogP contribution in [0.4, 0.5) is 0 Å². The zero-order valence-corrected chi connectivity index (χ0v) is 14.2. The average Bonchev–Trinajstić information content (AvgIpc) is 3.32. The minimum Gasteiger partial charge on any atom is -0.497 e. The van der Waals surface area contributed by atoms with E-state index in [0.29, 0.717) is 0 Å². The quantitative estimate of drug-likeness (QED) is 0.849. The molecule has 1 atom stereocenters. The number of hydrogen-bond acceptors (Lipinski definition) is 4. The van der Waals surface area contributed by atoms with E-state index in [4.69, 9.17) is 14.6 Å². The number of ether oxygens (including phenoxy) is 2. The maximum absolute atomic E-state index is 5.95. The predicted octanol–water partition coefficient (Wildman–Crippen LogP) is 2.71. The van der Waals surface area contributed by atoms with Gasteiger partial charge in [0.25, 0.3) is 0 Å². The van der Waals surface area contributed by atoms with Gasteiger partial charge in [-0.25, -0.2) is 0 Å². The fourth-order valence-corrected chi connectivity index (χ4v) is 3.24. The molecule has 128 valence electrons. The van der Waals surface area contributed by atoms with Gasteiger partial charge in [0.2, 0.25) is 0 Å². The van der Waals surface area contributed by atoms with Crippen molar-refractivity contribution in [2.24, 2.45) is 5.92 Å². The summed E-state index contributed by atoms with van der Waals surface area (Å²) >= 11 is 0. The highest BCUT2D eigenvalue weighted by molar-refractivity contribution is 5.27. The number of nitrogens with one attached hydrogen (secondary N) is 1. The van der Waals surface area contributed by atoms with Crippen LogP contribution in [0.25, 0.3) is 0 Å². The molecule has 1 unspecified atom stereocenters. The van der Waals surface area contributed by atoms with Crippen LogP contribution >= 0.6 is 0 Å². The molecule has 1 fully saturated rings. The van der Waals surface area contributed by atoms with Gasteiger partial charge in [0, 0.05) is 25.8 Å². The van der Waals surface area contributed by atoms with Crippen molar-refractivity contribution < 1.29 is 9.47 Å². The zero-order chi connectivity index (χ0) is 16.4. The molecule has 1 N–H and O–H groups in total. The van der Waals surface area contributed by atoms with Crippen molar-refractivity contribution in [1.82, 2.24) is 15.1 Å². The summed E-state index contributed by atoms with van der Waals surface area (Å²) < 4.78 is 13.3. The van der Waals surface area contributed by atoms with Crippen molar-refractivity contribution >= 4 is 0 Å². The molecule has 2 aliphatic rings. The van der Waals surface area contributed by atoms with E-state index in [2.05, 4.69) is 28.3 Å². The molecule has 1 aromatic heterocycles. The Kier molecular flexibility index (Phi) is 4.54. The van der Waals surface area contributed by atoms with Crippen LogP contribution in [0.1, 0.15) is 35.8 Å². The van der Waals surface area contributed by atoms with Gasteiger partial charge in [-0.1, -0.05) is 12.1 Å². The monoisotopic (exact) mass is 327 g/mol. The van der Waals surface area contributed by atoms with Crippen molar-refractivity contribution in [3.63, 3.8) is 0 Å². The second-order valence-electron chi connectivity index (χ2n) is 6.79. The van der Waals surface area contributed by atoms with Crippen LogP contribution in [0.15, 0.2) is 30.5 Å². The third-order valence-electron chi connectivity index (χ3n) is 4.83. The second-order valence-corrected chi connectivity index (χ2v) is 6.79. The maximum Gasteiger partial charge on any atom is 0.118 e. The molecule has 0 saturated heterocycles. The molecule has 5 heteroatoms. The minimum absolute atomic E-state index is 0.0625. The van der Waals surface area contributed by atoms with Crippen molar-refractivity contribution in [2.45, 2.75) is 38.5 Å². The molecular formula is C19H25N3O2. The van der Waals surface area contributed by atoms with E-state index in [9.17, 15) is 0 Å². The van der Waals surface area contributed by atoms with Gasteiger partial charge in [0.1, 0.15) is 11.9 Å². The van der Waals surface area contributed by atoms with Gasteiger partial charge in [-0.15, -0.1) is 0 Å². The van der Waals surface area contributed by atoms with Crippen molar-refractivity contribution in [3.05, 3.63) is 47.3 Å². The van der Waals surface area contributed by atoms with Crippen LogP contribution in [0.3, 0.4) is 0 Å². The number of aromatic nitrogens is 2. The number of benzene rings is 1. The lowest BCUT2D eigenvalue weighted by Gasteiger charge is -2.22. The Morgan fingerprint density at radius 2 is 2.12 bits per heavy atom. The predicted molar refractivity (Wildman–Crippen MR) is 92.0 cm³/mol. The Hall–Kier alpha value is -1.85. The summed E-state index contributed by atoms with van der Waals surface area (Å²) in [6.07, 6.45) is 5.98. The summed E-state index contributed by atoms with van der Waals surface area (Å²) in [4.78, 5) is 0. The summed E-state index contributed by atoms with van der Waals surface area (Å²) in [6, 6.07) is 8.16. The average molecular weight is 327 g/mol. The third kappa shape index (κ3) is 3.62. The molecule has 1 aliphatic heterocycles. The summed E-state index contributed by atoms with van der Waals surface area (Å²) in [5, 5.41) is 8.29. The van der Waals surface area contributed by atoms with Crippen molar-refractivity contribution in [1.29, 1.82) is 0 Å². The van der Waals surface area contributed by atoms with E-state index in [1.807, 2.05) is 12.1 Å². The smallest absolute Gasteiger partial charge is 0.118 e. The van der Waals surface area contributed by atoms with Crippen LogP contribution in [0.2, 0.25) is 0 Å². The van der Waals surface area contributed by atoms with Gasteiger partial charge < -0.3 is 14.8 Å². The zero-order valence-electron chi connectivity index (χ0n) is 14.2. The molecule has 2 heterocycles. The summed E-state index contributed by atoms with van der Waals surface area (Å²) in [6.45, 7) is 3.47. The number of hydrogen-bond donors (Lipinski definition) is 1. The fourth-order valence-electron chi connectivity index (χ4n) is 3.24. The largest absolute Gasteiger partial charge is 0.497 e. The standard InChI is InChI=1S/C19H25N3O2/c1-23-17-6-4-14(5-7-17)10-20-11-18-19-16(8-9-24-18)13-22(21-19)12-15-2-3-15/h4-7,13,15,18,20H,2-3,8-12H2,1H3. The minimum atomic E-state index is 0.0625. The highest BCUT2D eigenvalue weighted by atomic mass is 16.5. The highest BCUT2D eigenvalue weighted by Crippen LogP contribution is 2.32. The molecule has 1 aliphatic carbocycles. The molecule has 0 bridgehead atoms. The number of methoxy groups -OCH3 is 1. The van der Waals surface area contributed by atoms with E-state index < -0.39 is 0 Å². The molecule has 1 saturated carbocycles.